The van der Waals surface area contributed by atoms with Gasteiger partial charge >= 0.3 is 0 Å². The zero-order valence-corrected chi connectivity index (χ0v) is 14.7. The molecule has 2 aliphatic rings. The molecule has 13 heteroatoms. The van der Waals surface area contributed by atoms with Crippen LogP contribution in [0.4, 0.5) is 0 Å². The summed E-state index contributed by atoms with van der Waals surface area (Å²) in [6.45, 7) is -1.20. The number of ether oxygens (including phenoxy) is 2. The summed E-state index contributed by atoms with van der Waals surface area (Å²) >= 11 is 0.764. The first kappa shape index (κ1) is 20.9. The summed E-state index contributed by atoms with van der Waals surface area (Å²) in [6, 6.07) is 0. The first-order chi connectivity index (χ1) is 12.8. The smallest absolute Gasteiger partial charge is 0.174 e. The molecule has 1 aromatic rings. The Kier molecular flexibility index (Phi) is 6.39. The fourth-order valence-electron chi connectivity index (χ4n) is 3.10. The van der Waals surface area contributed by atoms with Crippen LogP contribution < -0.4 is 0 Å². The van der Waals surface area contributed by atoms with E-state index < -0.39 is 74.3 Å². The van der Waals surface area contributed by atoms with Crippen molar-refractivity contribution in [1.29, 1.82) is 0 Å². The maximum Gasteiger partial charge on any atom is 0.174 e. The lowest BCUT2D eigenvalue weighted by molar-refractivity contribution is -0.234. The molecule has 0 radical (unpaired) electrons. The quantitative estimate of drug-likeness (QED) is 0.237. The van der Waals surface area contributed by atoms with Gasteiger partial charge in [-0.25, -0.2) is 4.98 Å². The molecule has 8 N–H and O–H groups in total. The Morgan fingerprint density at radius 3 is 1.70 bits per heavy atom. The molecule has 2 aliphatic heterocycles. The van der Waals surface area contributed by atoms with Crippen molar-refractivity contribution in [2.75, 3.05) is 13.2 Å². The Morgan fingerprint density at radius 1 is 0.704 bits per heavy atom. The summed E-state index contributed by atoms with van der Waals surface area (Å²) in [5.41, 5.74) is 0. The second kappa shape index (κ2) is 8.26. The van der Waals surface area contributed by atoms with Gasteiger partial charge in [0.2, 0.25) is 0 Å². The van der Waals surface area contributed by atoms with Gasteiger partial charge in [-0.3, -0.25) is 0 Å². The SMILES string of the molecule is OC[C@H]1O[C@@H](c2nsc([C@@H]3O[C@H](CO)[C@@H](O)[C@H](O)[C@H]3O)n2)[C@H](O)[C@@H](O)[C@@H]1O. The third-order valence-electron chi connectivity index (χ3n) is 4.74. The van der Waals surface area contributed by atoms with Crippen molar-refractivity contribution in [1.82, 2.24) is 9.36 Å². The molecular formula is C14H22N2O10S. The molecule has 2 saturated heterocycles. The number of rotatable bonds is 4. The van der Waals surface area contributed by atoms with E-state index in [4.69, 9.17) is 9.47 Å². The van der Waals surface area contributed by atoms with E-state index >= 15 is 0 Å². The third kappa shape index (κ3) is 3.73. The molecule has 3 rings (SSSR count). The predicted octanol–water partition coefficient (Wildman–Crippen LogP) is -4.43. The number of aliphatic hydroxyl groups is 8. The van der Waals surface area contributed by atoms with Crippen LogP contribution in [-0.4, -0.2) is 112 Å². The maximum absolute atomic E-state index is 10.1. The number of aromatic nitrogens is 2. The van der Waals surface area contributed by atoms with Gasteiger partial charge in [-0.1, -0.05) is 0 Å². The fraction of sp³-hybridized carbons (Fsp3) is 0.857. The van der Waals surface area contributed by atoms with Crippen molar-refractivity contribution in [3.05, 3.63) is 10.8 Å². The second-order valence-corrected chi connectivity index (χ2v) is 7.27. The second-order valence-electron chi connectivity index (χ2n) is 6.49. The van der Waals surface area contributed by atoms with Crippen molar-refractivity contribution in [3.63, 3.8) is 0 Å². The van der Waals surface area contributed by atoms with Crippen LogP contribution in [0, 0.1) is 0 Å². The van der Waals surface area contributed by atoms with Crippen LogP contribution in [0.1, 0.15) is 23.0 Å². The zero-order valence-electron chi connectivity index (χ0n) is 13.9. The Labute approximate surface area is 157 Å². The first-order valence-corrected chi connectivity index (χ1v) is 9.02. The van der Waals surface area contributed by atoms with E-state index in [1.807, 2.05) is 0 Å². The monoisotopic (exact) mass is 410 g/mol. The Bertz CT molecular complexity index is 580. The Balaban J connectivity index is 1.82. The minimum Gasteiger partial charge on any atom is -0.394 e. The van der Waals surface area contributed by atoms with E-state index in [1.54, 1.807) is 0 Å². The van der Waals surface area contributed by atoms with Crippen LogP contribution in [-0.2, 0) is 9.47 Å². The highest BCUT2D eigenvalue weighted by Crippen LogP contribution is 2.36. The molecule has 0 bridgehead atoms. The van der Waals surface area contributed by atoms with E-state index in [0.717, 1.165) is 11.5 Å². The molecule has 10 atom stereocenters. The van der Waals surface area contributed by atoms with Gasteiger partial charge in [-0.05, 0) is 11.5 Å². The van der Waals surface area contributed by atoms with Gasteiger partial charge in [0, 0.05) is 0 Å². The molecule has 0 amide bonds. The summed E-state index contributed by atoms with van der Waals surface area (Å²) in [5.74, 6) is -0.0798. The lowest BCUT2D eigenvalue weighted by atomic mass is 9.94. The van der Waals surface area contributed by atoms with E-state index in [9.17, 15) is 40.9 Å². The van der Waals surface area contributed by atoms with Crippen molar-refractivity contribution in [2.45, 2.75) is 61.0 Å². The highest BCUT2D eigenvalue weighted by Gasteiger charge is 2.48. The molecular weight excluding hydrogens is 388 g/mol. The highest BCUT2D eigenvalue weighted by atomic mass is 32.1. The molecule has 0 aliphatic carbocycles. The van der Waals surface area contributed by atoms with Gasteiger partial charge in [0.1, 0.15) is 66.0 Å². The predicted molar refractivity (Wildman–Crippen MR) is 85.3 cm³/mol. The Morgan fingerprint density at radius 2 is 1.19 bits per heavy atom. The zero-order chi connectivity index (χ0) is 19.9. The van der Waals surface area contributed by atoms with Crippen molar-refractivity contribution >= 4 is 11.5 Å². The molecule has 27 heavy (non-hydrogen) atoms. The van der Waals surface area contributed by atoms with Crippen molar-refractivity contribution in [2.24, 2.45) is 0 Å². The summed E-state index contributed by atoms with van der Waals surface area (Å²) in [4.78, 5) is 4.10. The van der Waals surface area contributed by atoms with Gasteiger partial charge in [0.05, 0.1) is 13.2 Å². The summed E-state index contributed by atoms with van der Waals surface area (Å²) < 4.78 is 14.7. The molecule has 0 unspecified atom stereocenters. The van der Waals surface area contributed by atoms with Crippen LogP contribution in [0.2, 0.25) is 0 Å². The largest absolute Gasteiger partial charge is 0.394 e. The molecule has 3 heterocycles. The normalized spacial score (nSPS) is 45.8. The van der Waals surface area contributed by atoms with Gasteiger partial charge in [-0.15, -0.1) is 0 Å². The summed E-state index contributed by atoms with van der Waals surface area (Å²) in [5, 5.41) is 78.2. The lowest BCUT2D eigenvalue weighted by Gasteiger charge is -2.39. The van der Waals surface area contributed by atoms with Gasteiger partial charge in [0.25, 0.3) is 0 Å². The Hall–Kier alpha value is -0.840. The standard InChI is InChI=1S/C14H22N2O10S/c17-1-3-5(19)7(21)9(23)11(25-3)13-15-14(27-16-13)12-10(24)8(22)6(20)4(2-18)26-12/h3-12,17-24H,1-2H2/t3-,4-,5-,6-,7+,8+,9-,10-,11-,12-/m1/s1. The number of hydrogen-bond acceptors (Lipinski definition) is 13. The van der Waals surface area contributed by atoms with Crippen LogP contribution in [0.5, 0.6) is 0 Å². The van der Waals surface area contributed by atoms with E-state index in [2.05, 4.69) is 9.36 Å². The summed E-state index contributed by atoms with van der Waals surface area (Å²) in [6.07, 6.45) is -14.0. The third-order valence-corrected chi connectivity index (χ3v) is 5.53. The fourth-order valence-corrected chi connectivity index (χ4v) is 3.86. The molecule has 0 spiro atoms. The molecule has 1 aromatic heterocycles. The highest BCUT2D eigenvalue weighted by molar-refractivity contribution is 7.05. The van der Waals surface area contributed by atoms with Crippen LogP contribution in [0.15, 0.2) is 0 Å². The number of aliphatic hydroxyl groups excluding tert-OH is 8. The lowest BCUT2D eigenvalue weighted by Crippen LogP contribution is -2.55. The van der Waals surface area contributed by atoms with E-state index in [-0.39, 0.29) is 10.8 Å². The summed E-state index contributed by atoms with van der Waals surface area (Å²) in [7, 11) is 0. The average molecular weight is 410 g/mol. The maximum atomic E-state index is 10.1. The van der Waals surface area contributed by atoms with Gasteiger partial charge in [-0.2, -0.15) is 4.37 Å². The minimum absolute atomic E-state index is 0.0798. The van der Waals surface area contributed by atoms with Gasteiger partial charge in [0.15, 0.2) is 5.82 Å². The molecule has 0 aromatic carbocycles. The van der Waals surface area contributed by atoms with Gasteiger partial charge < -0.3 is 50.3 Å². The number of hydrogen-bond donors (Lipinski definition) is 8. The molecule has 0 saturated carbocycles. The minimum atomic E-state index is -1.60. The molecule has 154 valence electrons. The van der Waals surface area contributed by atoms with Crippen LogP contribution in [0.25, 0.3) is 0 Å². The van der Waals surface area contributed by atoms with Crippen LogP contribution >= 0.6 is 11.5 Å². The van der Waals surface area contributed by atoms with Crippen molar-refractivity contribution in [3.8, 4) is 0 Å². The molecule has 12 nitrogen and oxygen atoms in total. The average Bonchev–Trinajstić information content (AvgIpc) is 3.14. The topological polar surface area (TPSA) is 206 Å². The number of nitrogens with zero attached hydrogens (tertiary/aromatic N) is 2. The van der Waals surface area contributed by atoms with E-state index in [1.165, 1.54) is 0 Å². The van der Waals surface area contributed by atoms with E-state index in [0.29, 0.717) is 0 Å². The first-order valence-electron chi connectivity index (χ1n) is 8.24. The molecule has 2 fully saturated rings. The van der Waals surface area contributed by atoms with Crippen molar-refractivity contribution < 1.29 is 50.3 Å². The van der Waals surface area contributed by atoms with Crippen LogP contribution in [0.3, 0.4) is 0 Å².